The summed E-state index contributed by atoms with van der Waals surface area (Å²) in [5.41, 5.74) is 0.538. The van der Waals surface area contributed by atoms with E-state index >= 15 is 0 Å². The standard InChI is InChI=1S/C15H21N3OS/c1-10-6-11(2)9-18(8-10)12(3)14(19)17-15-13(7-16)4-5-20-15/h4-5,10-12H,6,8-9H2,1-3H3,(H,17,19)/t10-,11-,12+/m1/s1. The van der Waals surface area contributed by atoms with Crippen molar-refractivity contribution < 1.29 is 4.79 Å². The molecule has 1 aromatic rings. The van der Waals surface area contributed by atoms with Crippen molar-refractivity contribution in [3.63, 3.8) is 0 Å². The molecule has 108 valence electrons. The van der Waals surface area contributed by atoms with E-state index in [9.17, 15) is 4.79 Å². The molecular weight excluding hydrogens is 270 g/mol. The zero-order chi connectivity index (χ0) is 14.7. The molecular formula is C15H21N3OS. The van der Waals surface area contributed by atoms with E-state index in [1.807, 2.05) is 12.3 Å². The van der Waals surface area contributed by atoms with Gasteiger partial charge in [-0.15, -0.1) is 11.3 Å². The number of piperidine rings is 1. The third-order valence-electron chi connectivity index (χ3n) is 3.85. The largest absolute Gasteiger partial charge is 0.315 e. The minimum Gasteiger partial charge on any atom is -0.315 e. The molecule has 0 unspecified atom stereocenters. The SMILES string of the molecule is C[C@@H]1C[C@@H](C)CN([C@@H](C)C(=O)Nc2sccc2C#N)C1. The van der Waals surface area contributed by atoms with Crippen LogP contribution in [0.2, 0.25) is 0 Å². The Hall–Kier alpha value is -1.38. The summed E-state index contributed by atoms with van der Waals surface area (Å²) in [7, 11) is 0. The summed E-state index contributed by atoms with van der Waals surface area (Å²) in [5.74, 6) is 1.24. The Balaban J connectivity index is 2.00. The number of hydrogen-bond donors (Lipinski definition) is 1. The molecule has 2 rings (SSSR count). The van der Waals surface area contributed by atoms with E-state index in [0.29, 0.717) is 22.4 Å². The number of carbonyl (C=O) groups is 1. The highest BCUT2D eigenvalue weighted by Crippen LogP contribution is 2.25. The van der Waals surface area contributed by atoms with E-state index in [4.69, 9.17) is 5.26 Å². The van der Waals surface area contributed by atoms with Crippen LogP contribution >= 0.6 is 11.3 Å². The fourth-order valence-electron chi connectivity index (χ4n) is 2.90. The lowest BCUT2D eigenvalue weighted by Gasteiger charge is -2.38. The summed E-state index contributed by atoms with van der Waals surface area (Å²) < 4.78 is 0. The lowest BCUT2D eigenvalue weighted by Crippen LogP contribution is -2.48. The highest BCUT2D eigenvalue weighted by Gasteiger charge is 2.29. The van der Waals surface area contributed by atoms with Gasteiger partial charge >= 0.3 is 0 Å². The zero-order valence-electron chi connectivity index (χ0n) is 12.2. The van der Waals surface area contributed by atoms with Gasteiger partial charge in [0, 0.05) is 13.1 Å². The number of nitriles is 1. The molecule has 0 aliphatic carbocycles. The van der Waals surface area contributed by atoms with Gasteiger partial charge in [0.1, 0.15) is 11.1 Å². The lowest BCUT2D eigenvalue weighted by molar-refractivity contribution is -0.121. The van der Waals surface area contributed by atoms with Crippen LogP contribution in [0.4, 0.5) is 5.00 Å². The second kappa shape index (κ2) is 6.38. The fraction of sp³-hybridized carbons (Fsp3) is 0.600. The number of anilines is 1. The second-order valence-electron chi connectivity index (χ2n) is 5.84. The predicted molar refractivity (Wildman–Crippen MR) is 81.6 cm³/mol. The minimum absolute atomic E-state index is 0.0229. The van der Waals surface area contributed by atoms with Gasteiger partial charge in [-0.2, -0.15) is 5.26 Å². The topological polar surface area (TPSA) is 56.1 Å². The number of nitrogens with zero attached hydrogens (tertiary/aromatic N) is 2. The number of thiophene rings is 1. The molecule has 0 radical (unpaired) electrons. The summed E-state index contributed by atoms with van der Waals surface area (Å²) in [6.07, 6.45) is 1.23. The maximum Gasteiger partial charge on any atom is 0.242 e. The van der Waals surface area contributed by atoms with Crippen LogP contribution in [0.3, 0.4) is 0 Å². The van der Waals surface area contributed by atoms with Crippen molar-refractivity contribution in [2.24, 2.45) is 11.8 Å². The third kappa shape index (κ3) is 3.38. The molecule has 0 saturated carbocycles. The first-order valence-corrected chi connectivity index (χ1v) is 7.91. The van der Waals surface area contributed by atoms with Crippen molar-refractivity contribution in [1.29, 1.82) is 5.26 Å². The molecule has 20 heavy (non-hydrogen) atoms. The van der Waals surface area contributed by atoms with E-state index in [2.05, 4.69) is 30.1 Å². The number of carbonyl (C=O) groups excluding carboxylic acids is 1. The summed E-state index contributed by atoms with van der Waals surface area (Å²) in [6.45, 7) is 8.35. The molecule has 0 bridgehead atoms. The summed E-state index contributed by atoms with van der Waals surface area (Å²) >= 11 is 1.39. The van der Waals surface area contributed by atoms with Gasteiger partial charge in [-0.05, 0) is 36.6 Å². The van der Waals surface area contributed by atoms with E-state index in [1.165, 1.54) is 17.8 Å². The quantitative estimate of drug-likeness (QED) is 0.931. The predicted octanol–water partition coefficient (Wildman–Crippen LogP) is 2.92. The van der Waals surface area contributed by atoms with Crippen LogP contribution < -0.4 is 5.32 Å². The van der Waals surface area contributed by atoms with Gasteiger partial charge in [0.2, 0.25) is 5.91 Å². The van der Waals surface area contributed by atoms with Crippen molar-refractivity contribution in [1.82, 2.24) is 4.90 Å². The minimum atomic E-state index is -0.158. The molecule has 1 amide bonds. The van der Waals surface area contributed by atoms with Gasteiger partial charge in [-0.1, -0.05) is 13.8 Å². The number of amides is 1. The smallest absolute Gasteiger partial charge is 0.242 e. The highest BCUT2D eigenvalue weighted by molar-refractivity contribution is 7.14. The number of rotatable bonds is 3. The Morgan fingerprint density at radius 3 is 2.75 bits per heavy atom. The fourth-order valence-corrected chi connectivity index (χ4v) is 3.64. The van der Waals surface area contributed by atoms with Gasteiger partial charge in [0.25, 0.3) is 0 Å². The summed E-state index contributed by atoms with van der Waals surface area (Å²) in [5, 5.41) is 14.3. The molecule has 4 nitrogen and oxygen atoms in total. The van der Waals surface area contributed by atoms with Crippen molar-refractivity contribution in [3.05, 3.63) is 17.0 Å². The Kier molecular flexibility index (Phi) is 4.79. The molecule has 3 atom stereocenters. The van der Waals surface area contributed by atoms with E-state index in [-0.39, 0.29) is 11.9 Å². The third-order valence-corrected chi connectivity index (χ3v) is 4.68. The van der Waals surface area contributed by atoms with Crippen LogP contribution in [0.15, 0.2) is 11.4 Å². The van der Waals surface area contributed by atoms with Gasteiger partial charge in [-0.25, -0.2) is 0 Å². The monoisotopic (exact) mass is 291 g/mol. The molecule has 5 heteroatoms. The van der Waals surface area contributed by atoms with Crippen molar-refractivity contribution in [2.75, 3.05) is 18.4 Å². The van der Waals surface area contributed by atoms with E-state index < -0.39 is 0 Å². The number of likely N-dealkylation sites (tertiary alicyclic amines) is 1. The molecule has 1 aliphatic rings. The Morgan fingerprint density at radius 2 is 2.15 bits per heavy atom. The normalized spacial score (nSPS) is 24.9. The molecule has 1 fully saturated rings. The molecule has 1 saturated heterocycles. The first-order chi connectivity index (χ1) is 9.51. The van der Waals surface area contributed by atoms with Gasteiger partial charge in [0.15, 0.2) is 0 Å². The Bertz CT molecular complexity index is 509. The lowest BCUT2D eigenvalue weighted by atomic mass is 9.91. The first kappa shape index (κ1) is 15.0. The average molecular weight is 291 g/mol. The molecule has 0 spiro atoms. The van der Waals surface area contributed by atoms with Gasteiger partial charge in [-0.3, -0.25) is 9.69 Å². The number of nitrogens with one attached hydrogen (secondary N) is 1. The average Bonchev–Trinajstić information content (AvgIpc) is 2.83. The highest BCUT2D eigenvalue weighted by atomic mass is 32.1. The summed E-state index contributed by atoms with van der Waals surface area (Å²) in [6, 6.07) is 3.67. The zero-order valence-corrected chi connectivity index (χ0v) is 13.0. The van der Waals surface area contributed by atoms with Crippen LogP contribution in [0, 0.1) is 23.2 Å². The van der Waals surface area contributed by atoms with E-state index in [1.54, 1.807) is 6.07 Å². The molecule has 2 heterocycles. The molecule has 0 aromatic carbocycles. The first-order valence-electron chi connectivity index (χ1n) is 7.03. The molecule has 1 aliphatic heterocycles. The Labute approximate surface area is 124 Å². The molecule has 1 aromatic heterocycles. The van der Waals surface area contributed by atoms with Crippen molar-refractivity contribution in [3.8, 4) is 6.07 Å². The Morgan fingerprint density at radius 1 is 1.50 bits per heavy atom. The van der Waals surface area contributed by atoms with Crippen molar-refractivity contribution >= 4 is 22.2 Å². The van der Waals surface area contributed by atoms with E-state index in [0.717, 1.165) is 13.1 Å². The van der Waals surface area contributed by atoms with Crippen LogP contribution in [0.5, 0.6) is 0 Å². The van der Waals surface area contributed by atoms with Crippen LogP contribution in [-0.4, -0.2) is 29.9 Å². The van der Waals surface area contributed by atoms with Crippen molar-refractivity contribution in [2.45, 2.75) is 33.2 Å². The van der Waals surface area contributed by atoms with Gasteiger partial charge < -0.3 is 5.32 Å². The maximum absolute atomic E-state index is 12.3. The number of hydrogen-bond acceptors (Lipinski definition) is 4. The van der Waals surface area contributed by atoms with Crippen LogP contribution in [0.25, 0.3) is 0 Å². The summed E-state index contributed by atoms with van der Waals surface area (Å²) in [4.78, 5) is 14.6. The molecule has 1 N–H and O–H groups in total. The van der Waals surface area contributed by atoms with Crippen LogP contribution in [-0.2, 0) is 4.79 Å². The maximum atomic E-state index is 12.3. The second-order valence-corrected chi connectivity index (χ2v) is 6.76. The van der Waals surface area contributed by atoms with Crippen LogP contribution in [0.1, 0.15) is 32.8 Å². The van der Waals surface area contributed by atoms with Gasteiger partial charge in [0.05, 0.1) is 11.6 Å².